The maximum Gasteiger partial charge on any atom is 0.234 e. The van der Waals surface area contributed by atoms with Crippen molar-refractivity contribution in [2.75, 3.05) is 13.1 Å². The lowest BCUT2D eigenvalue weighted by atomic mass is 10.2. The van der Waals surface area contributed by atoms with Gasteiger partial charge in [-0.3, -0.25) is 4.79 Å². The summed E-state index contributed by atoms with van der Waals surface area (Å²) in [7, 11) is 0. The number of aromatic nitrogens is 3. The van der Waals surface area contributed by atoms with E-state index < -0.39 is 0 Å². The van der Waals surface area contributed by atoms with Gasteiger partial charge in [0.05, 0.1) is 6.54 Å². The number of hydrogen-bond donors (Lipinski definition) is 2. The Morgan fingerprint density at radius 2 is 2.24 bits per heavy atom. The van der Waals surface area contributed by atoms with Gasteiger partial charge >= 0.3 is 0 Å². The van der Waals surface area contributed by atoms with Crippen LogP contribution in [0.3, 0.4) is 0 Å². The van der Waals surface area contributed by atoms with Crippen LogP contribution in [-0.2, 0) is 11.3 Å². The van der Waals surface area contributed by atoms with Crippen molar-refractivity contribution in [2.24, 2.45) is 5.92 Å². The number of nitrogens with one attached hydrogen (secondary N) is 2. The minimum Gasteiger partial charge on any atom is -0.351 e. The fourth-order valence-electron chi connectivity index (χ4n) is 2.14. The third-order valence-electron chi connectivity index (χ3n) is 3.48. The van der Waals surface area contributed by atoms with Gasteiger partial charge in [0.2, 0.25) is 5.91 Å². The Morgan fingerprint density at radius 1 is 1.33 bits per heavy atom. The standard InChI is InChI=1S/C15H19N5O/c21-14(11-16-9-12-4-5-12)18-10-13-3-1-6-17-15(13)20-8-2-7-19-20/h1-3,6-8,12,16H,4-5,9-11H2,(H,18,21). The Hall–Kier alpha value is -2.21. The van der Waals surface area contributed by atoms with E-state index in [4.69, 9.17) is 0 Å². The highest BCUT2D eigenvalue weighted by Gasteiger charge is 2.20. The molecule has 1 saturated carbocycles. The Labute approximate surface area is 123 Å². The SMILES string of the molecule is O=C(CNCC1CC1)NCc1cccnc1-n1cccn1. The topological polar surface area (TPSA) is 71.8 Å². The summed E-state index contributed by atoms with van der Waals surface area (Å²) in [5.74, 6) is 1.53. The summed E-state index contributed by atoms with van der Waals surface area (Å²) in [6.45, 7) is 1.76. The molecule has 0 aliphatic heterocycles. The lowest BCUT2D eigenvalue weighted by Crippen LogP contribution is -2.34. The number of rotatable bonds is 7. The van der Waals surface area contributed by atoms with E-state index >= 15 is 0 Å². The van der Waals surface area contributed by atoms with Gasteiger partial charge < -0.3 is 10.6 Å². The van der Waals surface area contributed by atoms with Crippen molar-refractivity contribution in [3.8, 4) is 5.82 Å². The highest BCUT2D eigenvalue weighted by atomic mass is 16.1. The molecule has 2 N–H and O–H groups in total. The molecular weight excluding hydrogens is 266 g/mol. The smallest absolute Gasteiger partial charge is 0.234 e. The molecule has 0 unspecified atom stereocenters. The monoisotopic (exact) mass is 285 g/mol. The molecular formula is C15H19N5O. The zero-order chi connectivity index (χ0) is 14.5. The molecule has 0 saturated heterocycles. The first kappa shape index (κ1) is 13.8. The second-order valence-electron chi connectivity index (χ2n) is 5.29. The van der Waals surface area contributed by atoms with Crippen LogP contribution >= 0.6 is 0 Å². The molecule has 2 aromatic heterocycles. The molecule has 2 heterocycles. The van der Waals surface area contributed by atoms with Crippen LogP contribution in [0.2, 0.25) is 0 Å². The first-order valence-electron chi connectivity index (χ1n) is 7.24. The summed E-state index contributed by atoms with van der Waals surface area (Å²) in [6.07, 6.45) is 7.85. The summed E-state index contributed by atoms with van der Waals surface area (Å²) in [6, 6.07) is 5.65. The van der Waals surface area contributed by atoms with Crippen LogP contribution in [0.5, 0.6) is 0 Å². The average Bonchev–Trinajstić information content (AvgIpc) is 3.16. The second-order valence-corrected chi connectivity index (χ2v) is 5.29. The molecule has 6 heteroatoms. The molecule has 0 bridgehead atoms. The minimum atomic E-state index is 0.00548. The summed E-state index contributed by atoms with van der Waals surface area (Å²) in [4.78, 5) is 16.1. The van der Waals surface area contributed by atoms with Crippen LogP contribution < -0.4 is 10.6 Å². The van der Waals surface area contributed by atoms with Crippen LogP contribution in [0.25, 0.3) is 5.82 Å². The molecule has 0 spiro atoms. The molecule has 2 aromatic rings. The Bertz CT molecular complexity index is 592. The normalized spacial score (nSPS) is 14.1. The number of carbonyl (C=O) groups excluding carboxylic acids is 1. The third-order valence-corrected chi connectivity index (χ3v) is 3.48. The highest BCUT2D eigenvalue weighted by molar-refractivity contribution is 5.78. The van der Waals surface area contributed by atoms with E-state index in [1.54, 1.807) is 17.1 Å². The van der Waals surface area contributed by atoms with Crippen molar-refractivity contribution >= 4 is 5.91 Å². The van der Waals surface area contributed by atoms with Crippen LogP contribution in [0.15, 0.2) is 36.8 Å². The zero-order valence-corrected chi connectivity index (χ0v) is 11.8. The van der Waals surface area contributed by atoms with Crippen LogP contribution in [0, 0.1) is 5.92 Å². The van der Waals surface area contributed by atoms with Gasteiger partial charge in [-0.15, -0.1) is 0 Å². The molecule has 1 amide bonds. The van der Waals surface area contributed by atoms with Gasteiger partial charge in [0.1, 0.15) is 0 Å². The Balaban J connectivity index is 1.53. The molecule has 0 radical (unpaired) electrons. The highest BCUT2D eigenvalue weighted by Crippen LogP contribution is 2.27. The second kappa shape index (κ2) is 6.49. The molecule has 21 heavy (non-hydrogen) atoms. The van der Waals surface area contributed by atoms with E-state index in [9.17, 15) is 4.79 Å². The van der Waals surface area contributed by atoms with Gasteiger partial charge in [-0.1, -0.05) is 6.07 Å². The van der Waals surface area contributed by atoms with E-state index in [0.717, 1.165) is 23.8 Å². The first-order valence-corrected chi connectivity index (χ1v) is 7.24. The molecule has 110 valence electrons. The van der Waals surface area contributed by atoms with Gasteiger partial charge in [-0.2, -0.15) is 5.10 Å². The van der Waals surface area contributed by atoms with E-state index in [1.165, 1.54) is 12.8 Å². The minimum absolute atomic E-state index is 0.00548. The van der Waals surface area contributed by atoms with Crippen molar-refractivity contribution in [3.63, 3.8) is 0 Å². The fourth-order valence-corrected chi connectivity index (χ4v) is 2.14. The third kappa shape index (κ3) is 3.88. The summed E-state index contributed by atoms with van der Waals surface area (Å²) in [5.41, 5.74) is 0.941. The molecule has 6 nitrogen and oxygen atoms in total. The van der Waals surface area contributed by atoms with E-state index in [0.29, 0.717) is 13.1 Å². The summed E-state index contributed by atoms with van der Waals surface area (Å²) >= 11 is 0. The number of carbonyl (C=O) groups is 1. The van der Waals surface area contributed by atoms with Crippen molar-refractivity contribution in [1.29, 1.82) is 0 Å². The number of nitrogens with zero attached hydrogens (tertiary/aromatic N) is 3. The number of amides is 1. The van der Waals surface area contributed by atoms with E-state index in [1.807, 2.05) is 24.4 Å². The molecule has 1 fully saturated rings. The maximum atomic E-state index is 11.8. The summed E-state index contributed by atoms with van der Waals surface area (Å²) in [5, 5.41) is 10.3. The largest absolute Gasteiger partial charge is 0.351 e. The zero-order valence-electron chi connectivity index (χ0n) is 11.8. The van der Waals surface area contributed by atoms with Crippen LogP contribution in [0.1, 0.15) is 18.4 Å². The first-order chi connectivity index (χ1) is 10.3. The van der Waals surface area contributed by atoms with Gasteiger partial charge in [-0.25, -0.2) is 9.67 Å². The molecule has 1 aliphatic rings. The Morgan fingerprint density at radius 3 is 3.00 bits per heavy atom. The lowest BCUT2D eigenvalue weighted by molar-refractivity contribution is -0.120. The number of pyridine rings is 1. The van der Waals surface area contributed by atoms with Gasteiger partial charge in [0.15, 0.2) is 5.82 Å². The molecule has 3 rings (SSSR count). The molecule has 0 atom stereocenters. The van der Waals surface area contributed by atoms with Crippen LogP contribution in [-0.4, -0.2) is 33.8 Å². The van der Waals surface area contributed by atoms with E-state index in [-0.39, 0.29) is 5.91 Å². The van der Waals surface area contributed by atoms with Gasteiger partial charge in [0, 0.05) is 30.7 Å². The number of hydrogen-bond acceptors (Lipinski definition) is 4. The van der Waals surface area contributed by atoms with Crippen molar-refractivity contribution in [2.45, 2.75) is 19.4 Å². The molecule has 0 aromatic carbocycles. The van der Waals surface area contributed by atoms with E-state index in [2.05, 4.69) is 20.7 Å². The Kier molecular flexibility index (Phi) is 4.25. The predicted molar refractivity (Wildman–Crippen MR) is 78.8 cm³/mol. The fraction of sp³-hybridized carbons (Fsp3) is 0.400. The predicted octanol–water partition coefficient (Wildman–Crippen LogP) is 0.883. The quantitative estimate of drug-likeness (QED) is 0.792. The summed E-state index contributed by atoms with van der Waals surface area (Å²) < 4.78 is 1.70. The van der Waals surface area contributed by atoms with Crippen molar-refractivity contribution in [3.05, 3.63) is 42.4 Å². The molecule has 1 aliphatic carbocycles. The van der Waals surface area contributed by atoms with Crippen molar-refractivity contribution in [1.82, 2.24) is 25.4 Å². The van der Waals surface area contributed by atoms with Gasteiger partial charge in [0.25, 0.3) is 0 Å². The van der Waals surface area contributed by atoms with Gasteiger partial charge in [-0.05, 0) is 37.4 Å². The van der Waals surface area contributed by atoms with Crippen molar-refractivity contribution < 1.29 is 4.79 Å². The average molecular weight is 285 g/mol. The van der Waals surface area contributed by atoms with Crippen LogP contribution in [0.4, 0.5) is 0 Å². The lowest BCUT2D eigenvalue weighted by Gasteiger charge is -2.10. The maximum absolute atomic E-state index is 11.8.